The van der Waals surface area contributed by atoms with Crippen molar-refractivity contribution in [2.45, 2.75) is 12.6 Å². The third kappa shape index (κ3) is 3.86. The highest BCUT2D eigenvalue weighted by molar-refractivity contribution is 9.10. The zero-order valence-corrected chi connectivity index (χ0v) is 12.0. The lowest BCUT2D eigenvalue weighted by atomic mass is 10.1. The van der Waals surface area contributed by atoms with E-state index in [1.165, 1.54) is 17.7 Å². The summed E-state index contributed by atoms with van der Waals surface area (Å²) in [4.78, 5) is 0. The average molecular weight is 323 g/mol. The summed E-state index contributed by atoms with van der Waals surface area (Å²) < 4.78 is 13.8. The Balaban J connectivity index is 2.08. The van der Waals surface area contributed by atoms with E-state index in [1.54, 1.807) is 6.07 Å². The van der Waals surface area contributed by atoms with Crippen LogP contribution in [-0.4, -0.2) is 6.54 Å². The quantitative estimate of drug-likeness (QED) is 0.885. The van der Waals surface area contributed by atoms with Gasteiger partial charge in [0.1, 0.15) is 5.82 Å². The maximum absolute atomic E-state index is 13.1. The van der Waals surface area contributed by atoms with Crippen LogP contribution in [0.2, 0.25) is 0 Å². The Morgan fingerprint density at radius 3 is 2.53 bits per heavy atom. The van der Waals surface area contributed by atoms with Gasteiger partial charge in [-0.3, -0.25) is 0 Å². The normalized spacial score (nSPS) is 12.4. The first kappa shape index (κ1) is 14.2. The van der Waals surface area contributed by atoms with Crippen LogP contribution in [0.15, 0.2) is 53.0 Å². The molecule has 0 fully saturated rings. The second-order valence-corrected chi connectivity index (χ2v) is 5.17. The number of halogens is 2. The van der Waals surface area contributed by atoms with E-state index in [-0.39, 0.29) is 11.9 Å². The van der Waals surface area contributed by atoms with Crippen molar-refractivity contribution in [1.29, 1.82) is 0 Å². The molecule has 2 aromatic rings. The summed E-state index contributed by atoms with van der Waals surface area (Å²) in [5.41, 5.74) is 7.96. The Morgan fingerprint density at radius 1 is 1.16 bits per heavy atom. The Kier molecular flexibility index (Phi) is 5.07. The summed E-state index contributed by atoms with van der Waals surface area (Å²) in [6, 6.07) is 14.8. The molecule has 0 amide bonds. The molecule has 0 radical (unpaired) electrons. The molecule has 0 aliphatic heterocycles. The minimum absolute atomic E-state index is 0.00446. The standard InChI is InChI=1S/C15H16BrFN2/c16-14-8-12(17)6-7-13(14)15(9-18)19-10-11-4-2-1-3-5-11/h1-8,15,19H,9-10,18H2. The van der Waals surface area contributed by atoms with Crippen LogP contribution in [-0.2, 0) is 6.54 Å². The first-order valence-electron chi connectivity index (χ1n) is 6.13. The molecule has 0 saturated heterocycles. The monoisotopic (exact) mass is 322 g/mol. The van der Waals surface area contributed by atoms with Gasteiger partial charge in [-0.15, -0.1) is 0 Å². The maximum atomic E-state index is 13.1. The van der Waals surface area contributed by atoms with Crippen LogP contribution in [0.3, 0.4) is 0 Å². The number of hydrogen-bond donors (Lipinski definition) is 2. The molecule has 0 aromatic heterocycles. The maximum Gasteiger partial charge on any atom is 0.124 e. The molecule has 1 atom stereocenters. The molecule has 19 heavy (non-hydrogen) atoms. The van der Waals surface area contributed by atoms with Crippen molar-refractivity contribution in [3.05, 3.63) is 69.9 Å². The third-order valence-electron chi connectivity index (χ3n) is 2.97. The lowest BCUT2D eigenvalue weighted by Gasteiger charge is -2.19. The summed E-state index contributed by atoms with van der Waals surface area (Å²) in [5, 5.41) is 3.38. The smallest absolute Gasteiger partial charge is 0.124 e. The number of rotatable bonds is 5. The van der Waals surface area contributed by atoms with E-state index in [4.69, 9.17) is 5.73 Å². The molecule has 0 spiro atoms. The Morgan fingerprint density at radius 2 is 1.89 bits per heavy atom. The topological polar surface area (TPSA) is 38.0 Å². The molecule has 3 N–H and O–H groups in total. The summed E-state index contributed by atoms with van der Waals surface area (Å²) >= 11 is 3.38. The van der Waals surface area contributed by atoms with Crippen molar-refractivity contribution < 1.29 is 4.39 Å². The van der Waals surface area contributed by atoms with Gasteiger partial charge in [-0.05, 0) is 23.3 Å². The van der Waals surface area contributed by atoms with Crippen LogP contribution in [0.5, 0.6) is 0 Å². The van der Waals surface area contributed by atoms with Crippen molar-refractivity contribution in [3.8, 4) is 0 Å². The zero-order chi connectivity index (χ0) is 13.7. The van der Waals surface area contributed by atoms with E-state index in [9.17, 15) is 4.39 Å². The van der Waals surface area contributed by atoms with E-state index in [2.05, 4.69) is 33.4 Å². The predicted octanol–water partition coefficient (Wildman–Crippen LogP) is 3.38. The fourth-order valence-electron chi connectivity index (χ4n) is 1.94. The second kappa shape index (κ2) is 6.80. The van der Waals surface area contributed by atoms with Crippen LogP contribution in [0, 0.1) is 5.82 Å². The van der Waals surface area contributed by atoms with Gasteiger partial charge in [-0.1, -0.05) is 52.3 Å². The molecule has 2 aromatic carbocycles. The third-order valence-corrected chi connectivity index (χ3v) is 3.66. The van der Waals surface area contributed by atoms with E-state index in [0.29, 0.717) is 6.54 Å². The van der Waals surface area contributed by atoms with Crippen LogP contribution in [0.1, 0.15) is 17.2 Å². The number of hydrogen-bond acceptors (Lipinski definition) is 2. The van der Waals surface area contributed by atoms with E-state index < -0.39 is 0 Å². The minimum atomic E-state index is -0.255. The van der Waals surface area contributed by atoms with Crippen molar-refractivity contribution in [1.82, 2.24) is 5.32 Å². The van der Waals surface area contributed by atoms with Gasteiger partial charge in [0, 0.05) is 23.6 Å². The molecule has 2 rings (SSSR count). The molecule has 0 heterocycles. The number of nitrogens with one attached hydrogen (secondary N) is 1. The molecule has 2 nitrogen and oxygen atoms in total. The van der Waals surface area contributed by atoms with Crippen molar-refractivity contribution in [2.75, 3.05) is 6.54 Å². The van der Waals surface area contributed by atoms with Crippen LogP contribution in [0.25, 0.3) is 0 Å². The van der Waals surface area contributed by atoms with Gasteiger partial charge < -0.3 is 11.1 Å². The highest BCUT2D eigenvalue weighted by Gasteiger charge is 2.12. The molecule has 1 unspecified atom stereocenters. The van der Waals surface area contributed by atoms with Crippen molar-refractivity contribution in [3.63, 3.8) is 0 Å². The Hall–Kier alpha value is -1.23. The van der Waals surface area contributed by atoms with Gasteiger partial charge in [-0.2, -0.15) is 0 Å². The predicted molar refractivity (Wildman–Crippen MR) is 79.2 cm³/mol. The average Bonchev–Trinajstić information content (AvgIpc) is 2.42. The molecule has 0 aliphatic rings. The highest BCUT2D eigenvalue weighted by atomic mass is 79.9. The Bertz CT molecular complexity index is 531. The van der Waals surface area contributed by atoms with E-state index >= 15 is 0 Å². The van der Waals surface area contributed by atoms with Gasteiger partial charge in [0.15, 0.2) is 0 Å². The van der Waals surface area contributed by atoms with E-state index in [1.807, 2.05) is 18.2 Å². The van der Waals surface area contributed by atoms with Gasteiger partial charge in [0.2, 0.25) is 0 Å². The molecule has 100 valence electrons. The first-order valence-corrected chi connectivity index (χ1v) is 6.92. The fourth-order valence-corrected chi connectivity index (χ4v) is 2.57. The molecule has 4 heteroatoms. The van der Waals surface area contributed by atoms with Crippen LogP contribution < -0.4 is 11.1 Å². The van der Waals surface area contributed by atoms with Crippen LogP contribution >= 0.6 is 15.9 Å². The van der Waals surface area contributed by atoms with Crippen LogP contribution in [0.4, 0.5) is 4.39 Å². The first-order chi connectivity index (χ1) is 9.20. The molecule has 0 aliphatic carbocycles. The largest absolute Gasteiger partial charge is 0.329 e. The number of benzene rings is 2. The second-order valence-electron chi connectivity index (χ2n) is 4.32. The Labute approximate surface area is 121 Å². The highest BCUT2D eigenvalue weighted by Crippen LogP contribution is 2.24. The SMILES string of the molecule is NCC(NCc1ccccc1)c1ccc(F)cc1Br. The lowest BCUT2D eigenvalue weighted by Crippen LogP contribution is -2.28. The van der Waals surface area contributed by atoms with Crippen molar-refractivity contribution in [2.24, 2.45) is 5.73 Å². The number of nitrogens with two attached hydrogens (primary N) is 1. The van der Waals surface area contributed by atoms with E-state index in [0.717, 1.165) is 16.6 Å². The van der Waals surface area contributed by atoms with Gasteiger partial charge in [0.05, 0.1) is 0 Å². The minimum Gasteiger partial charge on any atom is -0.329 e. The summed E-state index contributed by atoms with van der Waals surface area (Å²) in [5.74, 6) is -0.255. The summed E-state index contributed by atoms with van der Waals surface area (Å²) in [6.07, 6.45) is 0. The lowest BCUT2D eigenvalue weighted by molar-refractivity contribution is 0.538. The molecular weight excluding hydrogens is 307 g/mol. The van der Waals surface area contributed by atoms with Gasteiger partial charge in [-0.25, -0.2) is 4.39 Å². The molecule has 0 saturated carbocycles. The zero-order valence-electron chi connectivity index (χ0n) is 10.4. The fraction of sp³-hybridized carbons (Fsp3) is 0.200. The van der Waals surface area contributed by atoms with Gasteiger partial charge >= 0.3 is 0 Å². The summed E-state index contributed by atoms with van der Waals surface area (Å²) in [7, 11) is 0. The van der Waals surface area contributed by atoms with Crippen molar-refractivity contribution >= 4 is 15.9 Å². The molecule has 0 bridgehead atoms. The summed E-state index contributed by atoms with van der Waals surface area (Å²) in [6.45, 7) is 1.18. The molecular formula is C15H16BrFN2. The van der Waals surface area contributed by atoms with Gasteiger partial charge in [0.25, 0.3) is 0 Å².